The van der Waals surface area contributed by atoms with E-state index in [4.69, 9.17) is 23.2 Å². The lowest BCUT2D eigenvalue weighted by atomic mass is 10.2. The third-order valence-electron chi connectivity index (χ3n) is 3.20. The fourth-order valence-corrected chi connectivity index (χ4v) is 3.71. The summed E-state index contributed by atoms with van der Waals surface area (Å²) in [5.74, 6) is 0.734. The first-order chi connectivity index (χ1) is 9.49. The Kier molecular flexibility index (Phi) is 5.61. The summed E-state index contributed by atoms with van der Waals surface area (Å²) in [6.07, 6.45) is 0.969. The predicted molar refractivity (Wildman–Crippen MR) is 86.5 cm³/mol. The molecule has 1 amide bonds. The van der Waals surface area contributed by atoms with E-state index in [2.05, 4.69) is 4.90 Å². The highest BCUT2D eigenvalue weighted by Crippen LogP contribution is 2.40. The van der Waals surface area contributed by atoms with Crippen LogP contribution in [0.25, 0.3) is 0 Å². The normalized spacial score (nSPS) is 19.1. The highest BCUT2D eigenvalue weighted by atomic mass is 35.5. The van der Waals surface area contributed by atoms with Gasteiger partial charge in [-0.15, -0.1) is 11.8 Å². The van der Waals surface area contributed by atoms with Gasteiger partial charge in [0, 0.05) is 6.54 Å². The number of halogens is 2. The molecule has 0 radical (unpaired) electrons. The summed E-state index contributed by atoms with van der Waals surface area (Å²) in [5, 5.41) is 1.14. The Morgan fingerprint density at radius 1 is 1.35 bits per heavy atom. The van der Waals surface area contributed by atoms with E-state index in [1.165, 1.54) is 0 Å². The number of nitrogens with zero attached hydrogens (tertiary/aromatic N) is 2. The van der Waals surface area contributed by atoms with E-state index in [0.717, 1.165) is 25.1 Å². The van der Waals surface area contributed by atoms with Crippen molar-refractivity contribution >= 4 is 40.9 Å². The highest BCUT2D eigenvalue weighted by Gasteiger charge is 2.32. The van der Waals surface area contributed by atoms with Crippen LogP contribution in [0.4, 0.5) is 0 Å². The average Bonchev–Trinajstić information content (AvgIpc) is 2.74. The molecule has 1 aliphatic rings. The van der Waals surface area contributed by atoms with Crippen molar-refractivity contribution in [2.75, 3.05) is 32.9 Å². The van der Waals surface area contributed by atoms with Gasteiger partial charge in [-0.2, -0.15) is 0 Å². The third kappa shape index (κ3) is 3.82. The summed E-state index contributed by atoms with van der Waals surface area (Å²) < 4.78 is 0. The minimum absolute atomic E-state index is 0.0550. The lowest BCUT2D eigenvalue weighted by Gasteiger charge is -2.25. The van der Waals surface area contributed by atoms with E-state index < -0.39 is 0 Å². The maximum absolute atomic E-state index is 12.0. The molecule has 0 bridgehead atoms. The fraction of sp³-hybridized carbons (Fsp3) is 0.500. The van der Waals surface area contributed by atoms with Crippen molar-refractivity contribution in [3.05, 3.63) is 33.8 Å². The summed E-state index contributed by atoms with van der Waals surface area (Å²) >= 11 is 13.7. The third-order valence-corrected chi connectivity index (χ3v) is 5.20. The zero-order chi connectivity index (χ0) is 14.7. The molecule has 1 aromatic carbocycles. The van der Waals surface area contributed by atoms with E-state index in [1.54, 1.807) is 17.8 Å². The van der Waals surface area contributed by atoms with Crippen molar-refractivity contribution < 1.29 is 4.79 Å². The maximum atomic E-state index is 12.0. The second-order valence-corrected chi connectivity index (χ2v) is 6.96. The van der Waals surface area contributed by atoms with Crippen LogP contribution in [0.1, 0.15) is 17.4 Å². The maximum Gasteiger partial charge on any atom is 0.233 e. The van der Waals surface area contributed by atoms with E-state index in [0.29, 0.717) is 15.8 Å². The Labute approximate surface area is 134 Å². The minimum atomic E-state index is 0.0550. The van der Waals surface area contributed by atoms with Gasteiger partial charge >= 0.3 is 0 Å². The summed E-state index contributed by atoms with van der Waals surface area (Å²) in [5.41, 5.74) is 1.04. The first-order valence-corrected chi connectivity index (χ1v) is 8.30. The Bertz CT molecular complexity index is 496. The standard InChI is InChI=1S/C14H18Cl2N2OS/c1-17(2)6-3-7-18-13(19)9-20-14(18)10-4-5-11(15)12(16)8-10/h4-5,8,14H,3,6-7,9H2,1-2H3. The monoisotopic (exact) mass is 332 g/mol. The van der Waals surface area contributed by atoms with Crippen LogP contribution in [0, 0.1) is 0 Å². The molecule has 0 saturated carbocycles. The smallest absolute Gasteiger partial charge is 0.233 e. The van der Waals surface area contributed by atoms with Crippen molar-refractivity contribution in [3.8, 4) is 0 Å². The van der Waals surface area contributed by atoms with Crippen molar-refractivity contribution in [2.24, 2.45) is 0 Å². The van der Waals surface area contributed by atoms with Crippen LogP contribution in [-0.4, -0.2) is 48.6 Å². The molecule has 2 rings (SSSR count). The molecule has 1 fully saturated rings. The van der Waals surface area contributed by atoms with Crippen LogP contribution in [0.5, 0.6) is 0 Å². The molecule has 0 aliphatic carbocycles. The lowest BCUT2D eigenvalue weighted by Crippen LogP contribution is -2.31. The van der Waals surface area contributed by atoms with Gasteiger partial charge in [0.1, 0.15) is 5.37 Å². The van der Waals surface area contributed by atoms with E-state index >= 15 is 0 Å². The van der Waals surface area contributed by atoms with E-state index in [-0.39, 0.29) is 11.3 Å². The van der Waals surface area contributed by atoms with Crippen LogP contribution in [0.2, 0.25) is 10.0 Å². The number of rotatable bonds is 5. The molecule has 6 heteroatoms. The summed E-state index contributed by atoms with van der Waals surface area (Å²) in [7, 11) is 4.08. The quantitative estimate of drug-likeness (QED) is 0.824. The molecular weight excluding hydrogens is 315 g/mol. The predicted octanol–water partition coefficient (Wildman–Crippen LogP) is 3.52. The van der Waals surface area contributed by atoms with Crippen molar-refractivity contribution in [3.63, 3.8) is 0 Å². The number of benzene rings is 1. The summed E-state index contributed by atoms with van der Waals surface area (Å²) in [4.78, 5) is 16.1. The molecule has 0 N–H and O–H groups in total. The molecule has 1 aromatic rings. The Hall–Kier alpha value is -0.420. The van der Waals surface area contributed by atoms with Crippen LogP contribution in [-0.2, 0) is 4.79 Å². The number of hydrogen-bond donors (Lipinski definition) is 0. The summed E-state index contributed by atoms with van der Waals surface area (Å²) in [6, 6.07) is 5.60. The Morgan fingerprint density at radius 2 is 2.10 bits per heavy atom. The topological polar surface area (TPSA) is 23.6 Å². The van der Waals surface area contributed by atoms with Gasteiger partial charge in [-0.05, 0) is 44.8 Å². The van der Waals surface area contributed by atoms with E-state index in [1.807, 2.05) is 31.1 Å². The molecule has 1 aliphatic heterocycles. The largest absolute Gasteiger partial charge is 0.326 e. The van der Waals surface area contributed by atoms with Gasteiger partial charge in [0.15, 0.2) is 0 Å². The molecule has 1 unspecified atom stereocenters. The fourth-order valence-electron chi connectivity index (χ4n) is 2.20. The number of amides is 1. The van der Waals surface area contributed by atoms with Crippen LogP contribution in [0.15, 0.2) is 18.2 Å². The molecule has 0 spiro atoms. The molecule has 20 heavy (non-hydrogen) atoms. The van der Waals surface area contributed by atoms with Crippen molar-refractivity contribution in [2.45, 2.75) is 11.8 Å². The second-order valence-electron chi connectivity index (χ2n) is 5.08. The molecular formula is C14H18Cl2N2OS. The van der Waals surface area contributed by atoms with Crippen molar-refractivity contribution in [1.29, 1.82) is 0 Å². The number of thioether (sulfide) groups is 1. The second kappa shape index (κ2) is 7.03. The molecule has 1 heterocycles. The van der Waals surface area contributed by atoms with Gasteiger partial charge in [0.05, 0.1) is 15.8 Å². The van der Waals surface area contributed by atoms with Crippen LogP contribution >= 0.6 is 35.0 Å². The first kappa shape index (κ1) is 16.0. The highest BCUT2D eigenvalue weighted by molar-refractivity contribution is 8.00. The Balaban J connectivity index is 2.08. The first-order valence-electron chi connectivity index (χ1n) is 6.50. The van der Waals surface area contributed by atoms with Gasteiger partial charge in [-0.3, -0.25) is 4.79 Å². The number of carbonyl (C=O) groups excluding carboxylic acids is 1. The molecule has 0 aromatic heterocycles. The number of carbonyl (C=O) groups is 1. The van der Waals surface area contributed by atoms with Gasteiger partial charge in [-0.25, -0.2) is 0 Å². The van der Waals surface area contributed by atoms with Crippen LogP contribution < -0.4 is 0 Å². The lowest BCUT2D eigenvalue weighted by molar-refractivity contribution is -0.128. The van der Waals surface area contributed by atoms with Gasteiger partial charge in [0.25, 0.3) is 0 Å². The van der Waals surface area contributed by atoms with Gasteiger partial charge in [0.2, 0.25) is 5.91 Å². The van der Waals surface area contributed by atoms with Crippen molar-refractivity contribution in [1.82, 2.24) is 9.80 Å². The average molecular weight is 333 g/mol. The van der Waals surface area contributed by atoms with Crippen LogP contribution in [0.3, 0.4) is 0 Å². The van der Waals surface area contributed by atoms with E-state index in [9.17, 15) is 4.79 Å². The minimum Gasteiger partial charge on any atom is -0.326 e. The zero-order valence-corrected chi connectivity index (χ0v) is 13.9. The molecule has 3 nitrogen and oxygen atoms in total. The molecule has 1 atom stereocenters. The Morgan fingerprint density at radius 3 is 2.75 bits per heavy atom. The van der Waals surface area contributed by atoms with Gasteiger partial charge in [-0.1, -0.05) is 29.3 Å². The SMILES string of the molecule is CN(C)CCCN1C(=O)CSC1c1ccc(Cl)c(Cl)c1. The molecule has 110 valence electrons. The zero-order valence-electron chi connectivity index (χ0n) is 11.6. The van der Waals surface area contributed by atoms with Gasteiger partial charge < -0.3 is 9.80 Å². The summed E-state index contributed by atoms with van der Waals surface area (Å²) in [6.45, 7) is 1.75. The number of hydrogen-bond acceptors (Lipinski definition) is 3. The molecule has 1 saturated heterocycles.